The summed E-state index contributed by atoms with van der Waals surface area (Å²) < 4.78 is 0. The summed E-state index contributed by atoms with van der Waals surface area (Å²) >= 11 is 0. The van der Waals surface area contributed by atoms with E-state index in [1.54, 1.807) is 4.90 Å². The van der Waals surface area contributed by atoms with E-state index in [0.717, 1.165) is 38.9 Å². The Balaban J connectivity index is 0.00000243. The van der Waals surface area contributed by atoms with Crippen LogP contribution in [0, 0.1) is 0 Å². The highest BCUT2D eigenvalue weighted by molar-refractivity contribution is 6.43. The third-order valence-corrected chi connectivity index (χ3v) is 5.26. The normalized spacial score (nSPS) is 23.5. The molecule has 26 heavy (non-hydrogen) atoms. The van der Waals surface area contributed by atoms with E-state index in [-0.39, 0.29) is 24.9 Å². The van der Waals surface area contributed by atoms with Crippen LogP contribution in [0.5, 0.6) is 0 Å². The molecule has 8 heteroatoms. The maximum atomic E-state index is 12.4. The van der Waals surface area contributed by atoms with Gasteiger partial charge in [-0.3, -0.25) is 9.69 Å². The maximum absolute atomic E-state index is 12.4. The van der Waals surface area contributed by atoms with E-state index in [1.165, 1.54) is 5.56 Å². The van der Waals surface area contributed by atoms with E-state index in [4.69, 9.17) is 0 Å². The fourth-order valence-corrected chi connectivity index (χ4v) is 3.95. The summed E-state index contributed by atoms with van der Waals surface area (Å²) in [4.78, 5) is 16.4. The second kappa shape index (κ2) is 10.3. The Kier molecular flexibility index (Phi) is 8.38. The standard InChI is InChI=1S/C18H28BN3O3.ClH/c23-18(22-11-5-9-17(22)19(24)25)12-20-16-8-4-10-21(14-16)13-15-6-2-1-3-7-15;/h1-3,6-7,16-17,20,24-25H,4-5,8-14H2;1H/t16?,17-;/m0./s1. The summed E-state index contributed by atoms with van der Waals surface area (Å²) in [5, 5.41) is 22.2. The number of piperidine rings is 1. The van der Waals surface area contributed by atoms with E-state index in [9.17, 15) is 14.8 Å². The number of likely N-dealkylation sites (tertiary alicyclic amines) is 2. The Hall–Kier alpha value is -1.12. The zero-order valence-corrected chi connectivity index (χ0v) is 15.9. The molecule has 0 spiro atoms. The molecule has 0 aromatic heterocycles. The van der Waals surface area contributed by atoms with Crippen LogP contribution in [-0.4, -0.2) is 71.0 Å². The molecule has 0 bridgehead atoms. The van der Waals surface area contributed by atoms with Gasteiger partial charge in [-0.2, -0.15) is 0 Å². The van der Waals surface area contributed by atoms with Crippen LogP contribution in [0.25, 0.3) is 0 Å². The van der Waals surface area contributed by atoms with Gasteiger partial charge in [0.05, 0.1) is 12.5 Å². The van der Waals surface area contributed by atoms with Gasteiger partial charge in [0.15, 0.2) is 0 Å². The predicted octanol–water partition coefficient (Wildman–Crippen LogP) is 0.665. The number of hydrogen-bond acceptors (Lipinski definition) is 5. The second-order valence-electron chi connectivity index (χ2n) is 7.15. The molecule has 2 aliphatic heterocycles. The fourth-order valence-electron chi connectivity index (χ4n) is 3.95. The first-order valence-corrected chi connectivity index (χ1v) is 9.29. The molecule has 0 radical (unpaired) electrons. The van der Waals surface area contributed by atoms with Crippen LogP contribution in [0.15, 0.2) is 30.3 Å². The average molecular weight is 382 g/mol. The molecule has 2 fully saturated rings. The van der Waals surface area contributed by atoms with E-state index in [0.29, 0.717) is 19.0 Å². The third kappa shape index (κ3) is 5.69. The number of halogens is 1. The van der Waals surface area contributed by atoms with Crippen molar-refractivity contribution in [3.63, 3.8) is 0 Å². The van der Waals surface area contributed by atoms with Crippen LogP contribution in [0.1, 0.15) is 31.2 Å². The number of amides is 1. The smallest absolute Gasteiger partial charge is 0.426 e. The van der Waals surface area contributed by atoms with Gasteiger partial charge in [-0.1, -0.05) is 30.3 Å². The van der Waals surface area contributed by atoms with Crippen molar-refractivity contribution in [1.82, 2.24) is 15.1 Å². The summed E-state index contributed by atoms with van der Waals surface area (Å²) in [6.45, 7) is 3.86. The lowest BCUT2D eigenvalue weighted by Gasteiger charge is -2.34. The number of benzene rings is 1. The molecule has 1 aromatic rings. The Morgan fingerprint density at radius 2 is 1.88 bits per heavy atom. The minimum Gasteiger partial charge on any atom is -0.426 e. The highest BCUT2D eigenvalue weighted by Gasteiger charge is 2.36. The van der Waals surface area contributed by atoms with Gasteiger partial charge in [0.2, 0.25) is 5.91 Å². The molecule has 2 heterocycles. The minimum absolute atomic E-state index is 0. The predicted molar refractivity (Wildman–Crippen MR) is 105 cm³/mol. The van der Waals surface area contributed by atoms with Crippen LogP contribution in [-0.2, 0) is 11.3 Å². The molecule has 1 amide bonds. The van der Waals surface area contributed by atoms with Crippen molar-refractivity contribution in [2.45, 2.75) is 44.2 Å². The molecular weight excluding hydrogens is 352 g/mol. The lowest BCUT2D eigenvalue weighted by Crippen LogP contribution is -2.51. The van der Waals surface area contributed by atoms with Gasteiger partial charge in [0.25, 0.3) is 0 Å². The molecule has 0 saturated carbocycles. The van der Waals surface area contributed by atoms with Crippen LogP contribution in [0.4, 0.5) is 0 Å². The van der Waals surface area contributed by atoms with Gasteiger partial charge >= 0.3 is 7.12 Å². The molecule has 3 N–H and O–H groups in total. The summed E-state index contributed by atoms with van der Waals surface area (Å²) in [6, 6.07) is 10.8. The van der Waals surface area contributed by atoms with E-state index in [2.05, 4.69) is 34.5 Å². The first kappa shape index (κ1) is 21.2. The zero-order valence-electron chi connectivity index (χ0n) is 15.1. The second-order valence-corrected chi connectivity index (χ2v) is 7.15. The third-order valence-electron chi connectivity index (χ3n) is 5.26. The SMILES string of the molecule is Cl.O=C(CNC1CCCN(Cc2ccccc2)C1)N1CCC[C@H]1B(O)O. The molecule has 2 atom stereocenters. The summed E-state index contributed by atoms with van der Waals surface area (Å²) in [5.41, 5.74) is 1.32. The average Bonchev–Trinajstić information content (AvgIpc) is 3.11. The number of nitrogens with zero attached hydrogens (tertiary/aromatic N) is 2. The topological polar surface area (TPSA) is 76.0 Å². The highest BCUT2D eigenvalue weighted by atomic mass is 35.5. The number of carbonyl (C=O) groups excluding carboxylic acids is 1. The molecule has 0 aliphatic carbocycles. The van der Waals surface area contributed by atoms with E-state index < -0.39 is 13.1 Å². The molecule has 1 aromatic carbocycles. The monoisotopic (exact) mass is 381 g/mol. The maximum Gasteiger partial charge on any atom is 0.475 e. The van der Waals surface area contributed by atoms with Gasteiger partial charge in [-0.05, 0) is 37.8 Å². The summed E-state index contributed by atoms with van der Waals surface area (Å²) in [5.74, 6) is -0.481. The number of rotatable bonds is 6. The first-order valence-electron chi connectivity index (χ1n) is 9.29. The fraction of sp³-hybridized carbons (Fsp3) is 0.611. The Labute approximate surface area is 162 Å². The van der Waals surface area contributed by atoms with E-state index >= 15 is 0 Å². The molecule has 144 valence electrons. The van der Waals surface area contributed by atoms with Crippen molar-refractivity contribution >= 4 is 25.4 Å². The molecule has 2 saturated heterocycles. The number of nitrogens with one attached hydrogen (secondary N) is 1. The number of hydrogen-bond donors (Lipinski definition) is 3. The van der Waals surface area contributed by atoms with Crippen LogP contribution in [0.2, 0.25) is 0 Å². The first-order chi connectivity index (χ1) is 12.1. The number of carbonyl (C=O) groups is 1. The van der Waals surface area contributed by atoms with Crippen LogP contribution >= 0.6 is 12.4 Å². The summed E-state index contributed by atoms with van der Waals surface area (Å²) in [6.07, 6.45) is 3.70. The van der Waals surface area contributed by atoms with Crippen LogP contribution in [0.3, 0.4) is 0 Å². The Bertz CT molecular complexity index is 564. The Morgan fingerprint density at radius 1 is 1.15 bits per heavy atom. The zero-order chi connectivity index (χ0) is 17.6. The van der Waals surface area contributed by atoms with Gasteiger partial charge in [0.1, 0.15) is 0 Å². The van der Waals surface area contributed by atoms with Gasteiger partial charge in [0, 0.05) is 25.7 Å². The lowest BCUT2D eigenvalue weighted by molar-refractivity contribution is -0.130. The molecule has 3 rings (SSSR count). The molecular formula is C18H29BClN3O3. The van der Waals surface area contributed by atoms with Crippen LogP contribution < -0.4 is 5.32 Å². The quantitative estimate of drug-likeness (QED) is 0.631. The van der Waals surface area contributed by atoms with Crippen molar-refractivity contribution in [1.29, 1.82) is 0 Å². The molecule has 6 nitrogen and oxygen atoms in total. The van der Waals surface area contributed by atoms with E-state index in [1.807, 2.05) is 6.07 Å². The Morgan fingerprint density at radius 3 is 2.62 bits per heavy atom. The highest BCUT2D eigenvalue weighted by Crippen LogP contribution is 2.18. The van der Waals surface area contributed by atoms with Crippen molar-refractivity contribution in [2.75, 3.05) is 26.2 Å². The van der Waals surface area contributed by atoms with Gasteiger partial charge in [-0.25, -0.2) is 0 Å². The molecule has 2 aliphatic rings. The van der Waals surface area contributed by atoms with Crippen molar-refractivity contribution in [3.05, 3.63) is 35.9 Å². The molecule has 1 unspecified atom stereocenters. The van der Waals surface area contributed by atoms with Crippen molar-refractivity contribution < 1.29 is 14.8 Å². The van der Waals surface area contributed by atoms with Crippen molar-refractivity contribution in [2.24, 2.45) is 0 Å². The van der Waals surface area contributed by atoms with Gasteiger partial charge < -0.3 is 20.3 Å². The largest absolute Gasteiger partial charge is 0.475 e. The summed E-state index contributed by atoms with van der Waals surface area (Å²) in [7, 11) is -1.44. The lowest BCUT2D eigenvalue weighted by atomic mass is 9.78. The van der Waals surface area contributed by atoms with Crippen molar-refractivity contribution in [3.8, 4) is 0 Å². The van der Waals surface area contributed by atoms with Gasteiger partial charge in [-0.15, -0.1) is 12.4 Å². The minimum atomic E-state index is -1.44.